The highest BCUT2D eigenvalue weighted by Crippen LogP contribution is 2.23. The number of hydrogen-bond donors (Lipinski definition) is 6. The van der Waals surface area contributed by atoms with E-state index in [1.807, 2.05) is 6.08 Å². The van der Waals surface area contributed by atoms with Crippen LogP contribution in [0.15, 0.2) is 97.2 Å². The van der Waals surface area contributed by atoms with E-state index in [1.54, 1.807) is 6.08 Å². The Morgan fingerprint density at radius 3 is 1.16 bits per heavy atom. The van der Waals surface area contributed by atoms with E-state index in [0.717, 1.165) is 77.0 Å². The zero-order chi connectivity index (χ0) is 60.0. The number of aliphatic hydroxyl groups is 5. The Morgan fingerprint density at radius 2 is 0.759 bits per heavy atom. The van der Waals surface area contributed by atoms with Crippen molar-refractivity contribution in [1.29, 1.82) is 0 Å². The van der Waals surface area contributed by atoms with Crippen molar-refractivity contribution in [2.75, 3.05) is 13.2 Å². The van der Waals surface area contributed by atoms with E-state index in [9.17, 15) is 30.3 Å². The molecule has 0 radical (unpaired) electrons. The van der Waals surface area contributed by atoms with Gasteiger partial charge in [-0.15, -0.1) is 0 Å². The zero-order valence-corrected chi connectivity index (χ0v) is 53.7. The summed E-state index contributed by atoms with van der Waals surface area (Å²) in [7, 11) is 0. The van der Waals surface area contributed by atoms with Crippen LogP contribution >= 0.6 is 0 Å². The average molecular weight is 1160 g/mol. The van der Waals surface area contributed by atoms with Gasteiger partial charge in [-0.2, -0.15) is 0 Å². The Hall–Kier alpha value is -2.89. The zero-order valence-electron chi connectivity index (χ0n) is 53.7. The maximum absolute atomic E-state index is 13.1. The lowest BCUT2D eigenvalue weighted by Gasteiger charge is -2.40. The van der Waals surface area contributed by atoms with E-state index in [-0.39, 0.29) is 12.5 Å². The van der Waals surface area contributed by atoms with Crippen LogP contribution in [0.1, 0.15) is 309 Å². The highest BCUT2D eigenvalue weighted by molar-refractivity contribution is 5.76. The molecule has 6 N–H and O–H groups in total. The lowest BCUT2D eigenvalue weighted by atomic mass is 9.99. The van der Waals surface area contributed by atoms with Crippen molar-refractivity contribution in [2.45, 2.75) is 352 Å². The molecule has 0 saturated carbocycles. The van der Waals surface area contributed by atoms with Crippen LogP contribution in [0.5, 0.6) is 0 Å². The van der Waals surface area contributed by atoms with E-state index in [2.05, 4.69) is 104 Å². The first-order valence-electron chi connectivity index (χ1n) is 35.0. The van der Waals surface area contributed by atoms with Gasteiger partial charge in [0.05, 0.1) is 25.4 Å². The van der Waals surface area contributed by atoms with Crippen LogP contribution in [0.2, 0.25) is 0 Å². The first-order valence-corrected chi connectivity index (χ1v) is 35.0. The van der Waals surface area contributed by atoms with Crippen molar-refractivity contribution < 1.29 is 39.8 Å². The van der Waals surface area contributed by atoms with Crippen molar-refractivity contribution >= 4 is 5.91 Å². The molecule has 7 unspecified atom stereocenters. The molecular formula is C74H131NO8. The van der Waals surface area contributed by atoms with E-state index in [0.29, 0.717) is 6.42 Å². The molecule has 9 heteroatoms. The number of hydrogen-bond acceptors (Lipinski definition) is 8. The van der Waals surface area contributed by atoms with Crippen LogP contribution in [-0.2, 0) is 14.3 Å². The van der Waals surface area contributed by atoms with Gasteiger partial charge in [0.25, 0.3) is 0 Å². The van der Waals surface area contributed by atoms with Gasteiger partial charge in [0.15, 0.2) is 6.29 Å². The van der Waals surface area contributed by atoms with Crippen molar-refractivity contribution in [3.8, 4) is 0 Å². The van der Waals surface area contributed by atoms with E-state index >= 15 is 0 Å². The number of rotatable bonds is 60. The molecule has 83 heavy (non-hydrogen) atoms. The Bertz CT molecular complexity index is 1630. The van der Waals surface area contributed by atoms with Crippen LogP contribution in [0.3, 0.4) is 0 Å². The fourth-order valence-electron chi connectivity index (χ4n) is 10.7. The van der Waals surface area contributed by atoms with Gasteiger partial charge in [-0.3, -0.25) is 4.79 Å². The Labute approximate surface area is 511 Å². The van der Waals surface area contributed by atoms with Crippen molar-refractivity contribution in [2.24, 2.45) is 0 Å². The van der Waals surface area contributed by atoms with Crippen molar-refractivity contribution in [3.05, 3.63) is 97.2 Å². The summed E-state index contributed by atoms with van der Waals surface area (Å²) in [5.74, 6) is -0.190. The maximum atomic E-state index is 13.1. The fraction of sp³-hybridized carbons (Fsp3) is 0.770. The van der Waals surface area contributed by atoms with Crippen molar-refractivity contribution in [1.82, 2.24) is 5.32 Å². The summed E-state index contributed by atoms with van der Waals surface area (Å²) in [4.78, 5) is 13.1. The SMILES string of the molecule is CC/C=C\C/C=C\C/C=C\C/C=C\C/C=C\CCCCCCCCCCCCCCCCCCCC(=O)NC(COC1OC(CO)C(O)C(O)C1O)C(O)/C=C/CC/C=C/CC/C=C/CCCCCCCCCCCCCCCCCCC. The van der Waals surface area contributed by atoms with Crippen LogP contribution < -0.4 is 5.32 Å². The number of carbonyl (C=O) groups is 1. The van der Waals surface area contributed by atoms with Gasteiger partial charge in [0, 0.05) is 6.42 Å². The highest BCUT2D eigenvalue weighted by Gasteiger charge is 2.44. The maximum Gasteiger partial charge on any atom is 0.220 e. The molecule has 1 aliphatic heterocycles. The lowest BCUT2D eigenvalue weighted by Crippen LogP contribution is -2.60. The topological polar surface area (TPSA) is 149 Å². The first kappa shape index (κ1) is 78.1. The summed E-state index contributed by atoms with van der Waals surface area (Å²) in [6.45, 7) is 3.67. The molecule has 1 heterocycles. The van der Waals surface area contributed by atoms with Gasteiger partial charge < -0.3 is 40.3 Å². The second kappa shape index (κ2) is 62.2. The minimum absolute atomic E-state index is 0.190. The molecule has 0 aliphatic carbocycles. The average Bonchev–Trinajstić information content (AvgIpc) is 3.61. The van der Waals surface area contributed by atoms with Gasteiger partial charge in [0.2, 0.25) is 5.91 Å². The third-order valence-electron chi connectivity index (χ3n) is 16.1. The van der Waals surface area contributed by atoms with Gasteiger partial charge >= 0.3 is 0 Å². The normalized spacial score (nSPS) is 18.9. The van der Waals surface area contributed by atoms with Gasteiger partial charge in [-0.05, 0) is 89.9 Å². The summed E-state index contributed by atoms with van der Waals surface area (Å²) in [6, 6.07) is -0.834. The molecule has 1 saturated heterocycles. The molecule has 480 valence electrons. The second-order valence-corrected chi connectivity index (χ2v) is 23.9. The van der Waals surface area contributed by atoms with Gasteiger partial charge in [0.1, 0.15) is 24.4 Å². The molecule has 1 aliphatic rings. The Kier molecular flexibility index (Phi) is 58.5. The molecule has 0 spiro atoms. The smallest absolute Gasteiger partial charge is 0.220 e. The number of unbranched alkanes of at least 4 members (excludes halogenated alkanes) is 36. The molecule has 0 aromatic heterocycles. The largest absolute Gasteiger partial charge is 0.394 e. The minimum Gasteiger partial charge on any atom is -0.394 e. The summed E-state index contributed by atoms with van der Waals surface area (Å²) < 4.78 is 11.3. The molecule has 1 rings (SSSR count). The number of allylic oxidation sites excluding steroid dienone is 15. The first-order chi connectivity index (χ1) is 40.8. The number of amides is 1. The quantitative estimate of drug-likeness (QED) is 0.0261. The molecular weight excluding hydrogens is 1030 g/mol. The van der Waals surface area contributed by atoms with E-state index in [1.165, 1.54) is 212 Å². The Morgan fingerprint density at radius 1 is 0.422 bits per heavy atom. The van der Waals surface area contributed by atoms with Crippen LogP contribution in [0.25, 0.3) is 0 Å². The van der Waals surface area contributed by atoms with Crippen LogP contribution in [0, 0.1) is 0 Å². The third kappa shape index (κ3) is 50.9. The molecule has 9 nitrogen and oxygen atoms in total. The molecule has 7 atom stereocenters. The summed E-state index contributed by atoms with van der Waals surface area (Å²) in [5.41, 5.74) is 0. The number of nitrogens with one attached hydrogen (secondary N) is 1. The molecule has 1 fully saturated rings. The monoisotopic (exact) mass is 1160 g/mol. The molecule has 0 aromatic rings. The summed E-state index contributed by atoms with van der Waals surface area (Å²) in [5, 5.41) is 54.7. The summed E-state index contributed by atoms with van der Waals surface area (Å²) in [6.07, 6.45) is 83.7. The highest BCUT2D eigenvalue weighted by atomic mass is 16.7. The second-order valence-electron chi connectivity index (χ2n) is 23.9. The number of ether oxygens (including phenoxy) is 2. The molecule has 0 bridgehead atoms. The Balaban J connectivity index is 2.16. The predicted octanol–water partition coefficient (Wildman–Crippen LogP) is 19.1. The standard InChI is InChI=1S/C74H131NO8/c1-3-5-7-9-11-13-15-17-19-21-23-25-27-29-31-32-33-34-35-36-38-40-42-44-46-48-50-52-54-56-58-60-62-64-70(78)75-67(66-82-74-73(81)72(80)71(79)69(65-76)83-74)68(77)63-61-59-57-55-53-51-49-47-45-43-41-39-37-30-28-26-24-22-20-18-16-14-12-10-8-6-4-2/h5,7,11,13,17,19,23,25,29,31,45,47,53,55,61,63,67-69,71-74,76-77,79-81H,3-4,6,8-10,12,14-16,18,20-22,24,26-28,30,32-44,46,48-52,54,56-60,62,64-66H2,1-2H3,(H,75,78)/b7-5-,13-11-,19-17-,25-23-,31-29-,47-45+,55-53+,63-61+. The van der Waals surface area contributed by atoms with Gasteiger partial charge in [-0.25, -0.2) is 0 Å². The predicted molar refractivity (Wildman–Crippen MR) is 355 cm³/mol. The van der Waals surface area contributed by atoms with Crippen molar-refractivity contribution in [3.63, 3.8) is 0 Å². The number of carbonyl (C=O) groups excluding carboxylic acids is 1. The van der Waals surface area contributed by atoms with E-state index in [4.69, 9.17) is 9.47 Å². The fourth-order valence-corrected chi connectivity index (χ4v) is 10.7. The minimum atomic E-state index is -1.58. The molecule has 0 aromatic carbocycles. The van der Waals surface area contributed by atoms with Crippen LogP contribution in [0.4, 0.5) is 0 Å². The number of aliphatic hydroxyl groups excluding tert-OH is 5. The third-order valence-corrected chi connectivity index (χ3v) is 16.1. The molecule has 1 amide bonds. The lowest BCUT2D eigenvalue weighted by molar-refractivity contribution is -0.302. The summed E-state index contributed by atoms with van der Waals surface area (Å²) >= 11 is 0. The van der Waals surface area contributed by atoms with Crippen LogP contribution in [-0.4, -0.2) is 87.5 Å². The van der Waals surface area contributed by atoms with E-state index < -0.39 is 49.5 Å². The van der Waals surface area contributed by atoms with Gasteiger partial charge in [-0.1, -0.05) is 310 Å².